The molecule has 0 saturated carbocycles. The van der Waals surface area contributed by atoms with Crippen LogP contribution in [0.5, 0.6) is 0 Å². The fraction of sp³-hybridized carbons (Fsp3) is 0.400. The topological polar surface area (TPSA) is 71.7 Å². The molecule has 3 rings (SSSR count). The monoisotopic (exact) mass is 421 g/mol. The van der Waals surface area contributed by atoms with Crippen molar-refractivity contribution >= 4 is 55.8 Å². The number of nitrogens with zero attached hydrogens (tertiary/aromatic N) is 1. The number of aliphatic hydroxyl groups is 2. The van der Waals surface area contributed by atoms with Gasteiger partial charge >= 0.3 is 0 Å². The van der Waals surface area contributed by atoms with E-state index in [0.717, 1.165) is 0 Å². The molecule has 23 heavy (non-hydrogen) atoms. The second-order valence-electron chi connectivity index (χ2n) is 5.49. The molecule has 0 radical (unpaired) electrons. The Morgan fingerprint density at radius 3 is 2.65 bits per heavy atom. The fourth-order valence-corrected chi connectivity index (χ4v) is 4.16. The summed E-state index contributed by atoms with van der Waals surface area (Å²) in [5.74, 6) is -0.128. The van der Waals surface area contributed by atoms with E-state index in [-0.39, 0.29) is 12.4 Å². The van der Waals surface area contributed by atoms with Gasteiger partial charge in [-0.05, 0) is 35.0 Å². The van der Waals surface area contributed by atoms with Crippen molar-refractivity contribution in [2.75, 3.05) is 6.61 Å². The van der Waals surface area contributed by atoms with Crippen LogP contribution < -0.4 is 0 Å². The first kappa shape index (κ1) is 17.2. The van der Waals surface area contributed by atoms with Gasteiger partial charge < -0.3 is 19.5 Å². The Balaban J connectivity index is 2.23. The maximum atomic E-state index is 12.0. The molecule has 5 nitrogen and oxygen atoms in total. The number of aromatic nitrogens is 1. The molecule has 0 aliphatic carbocycles. The second kappa shape index (κ2) is 6.35. The first-order chi connectivity index (χ1) is 10.8. The number of Topliss-reactive ketones (excluding diaryl/α,β-unsaturated/α-hetero) is 1. The minimum Gasteiger partial charge on any atom is -0.394 e. The highest BCUT2D eigenvalue weighted by Gasteiger charge is 2.37. The van der Waals surface area contributed by atoms with E-state index in [0.29, 0.717) is 37.5 Å². The lowest BCUT2D eigenvalue weighted by Crippen LogP contribution is -2.24. The molecule has 1 aliphatic rings. The molecule has 1 saturated heterocycles. The molecule has 2 heterocycles. The highest BCUT2D eigenvalue weighted by Crippen LogP contribution is 2.41. The van der Waals surface area contributed by atoms with Gasteiger partial charge in [-0.1, -0.05) is 23.2 Å². The van der Waals surface area contributed by atoms with Gasteiger partial charge in [0.05, 0.1) is 38.4 Å². The Morgan fingerprint density at radius 2 is 2.09 bits per heavy atom. The van der Waals surface area contributed by atoms with Crippen molar-refractivity contribution in [2.45, 2.75) is 31.8 Å². The summed E-state index contributed by atoms with van der Waals surface area (Å²) in [6.07, 6.45) is -1.67. The maximum absolute atomic E-state index is 12.0. The number of hydrogen-bond acceptors (Lipinski definition) is 4. The number of hydrogen-bond donors (Lipinski definition) is 2. The molecule has 0 amide bonds. The molecule has 1 fully saturated rings. The average Bonchev–Trinajstić information content (AvgIpc) is 2.96. The lowest BCUT2D eigenvalue weighted by Gasteiger charge is -2.16. The third kappa shape index (κ3) is 2.81. The minimum atomic E-state index is -0.780. The molecule has 0 unspecified atom stereocenters. The Labute approximate surface area is 150 Å². The molecule has 2 aromatic rings. The van der Waals surface area contributed by atoms with E-state index in [1.807, 2.05) is 0 Å². The van der Waals surface area contributed by atoms with Crippen molar-refractivity contribution in [2.24, 2.45) is 0 Å². The van der Waals surface area contributed by atoms with Crippen LogP contribution in [0.25, 0.3) is 10.9 Å². The average molecular weight is 423 g/mol. The SMILES string of the molecule is CC(=O)c1c(Br)n([C@H]2C[C@H](O)[C@@H](CO)O2)c2cc(Cl)c(Cl)cc12. The molecule has 8 heteroatoms. The molecule has 1 aliphatic heterocycles. The van der Waals surface area contributed by atoms with E-state index in [2.05, 4.69) is 15.9 Å². The number of benzene rings is 1. The van der Waals surface area contributed by atoms with Crippen LogP contribution in [-0.4, -0.2) is 39.4 Å². The zero-order valence-corrected chi connectivity index (χ0v) is 15.2. The largest absolute Gasteiger partial charge is 0.394 e. The summed E-state index contributed by atoms with van der Waals surface area (Å²) < 4.78 is 8.00. The van der Waals surface area contributed by atoms with Crippen LogP contribution in [-0.2, 0) is 4.74 Å². The normalized spacial score (nSPS) is 24.5. The Bertz CT molecular complexity index is 792. The third-order valence-electron chi connectivity index (χ3n) is 4.01. The van der Waals surface area contributed by atoms with Gasteiger partial charge in [0.15, 0.2) is 5.78 Å². The number of fused-ring (bicyclic) bond motifs is 1. The van der Waals surface area contributed by atoms with Crippen LogP contribution in [0.4, 0.5) is 0 Å². The molecular weight excluding hydrogens is 409 g/mol. The Morgan fingerprint density at radius 1 is 1.43 bits per heavy atom. The van der Waals surface area contributed by atoms with Crippen molar-refractivity contribution in [3.05, 3.63) is 32.3 Å². The molecule has 1 aromatic carbocycles. The zero-order valence-electron chi connectivity index (χ0n) is 12.1. The number of ether oxygens (including phenoxy) is 1. The molecule has 2 N–H and O–H groups in total. The summed E-state index contributed by atoms with van der Waals surface area (Å²) in [7, 11) is 0. The summed E-state index contributed by atoms with van der Waals surface area (Å²) >= 11 is 15.6. The minimum absolute atomic E-state index is 0.128. The number of ketones is 1. The van der Waals surface area contributed by atoms with Crippen LogP contribution in [0.3, 0.4) is 0 Å². The van der Waals surface area contributed by atoms with E-state index in [1.54, 1.807) is 16.7 Å². The number of aliphatic hydroxyl groups excluding tert-OH is 2. The molecule has 0 bridgehead atoms. The second-order valence-corrected chi connectivity index (χ2v) is 7.06. The van der Waals surface area contributed by atoms with Gasteiger partial charge in [0.2, 0.25) is 0 Å². The molecule has 3 atom stereocenters. The summed E-state index contributed by atoms with van der Waals surface area (Å²) in [5, 5.41) is 20.6. The van der Waals surface area contributed by atoms with Gasteiger partial charge in [-0.3, -0.25) is 4.79 Å². The lowest BCUT2D eigenvalue weighted by molar-refractivity contribution is -0.0435. The third-order valence-corrected chi connectivity index (χ3v) is 5.51. The van der Waals surface area contributed by atoms with Gasteiger partial charge in [0.25, 0.3) is 0 Å². The van der Waals surface area contributed by atoms with E-state index < -0.39 is 18.4 Å². The van der Waals surface area contributed by atoms with Crippen molar-refractivity contribution in [3.63, 3.8) is 0 Å². The molecule has 124 valence electrons. The van der Waals surface area contributed by atoms with Crippen LogP contribution in [0, 0.1) is 0 Å². The van der Waals surface area contributed by atoms with Crippen molar-refractivity contribution in [1.29, 1.82) is 0 Å². The van der Waals surface area contributed by atoms with E-state index >= 15 is 0 Å². The molecule has 0 spiro atoms. The number of carbonyl (C=O) groups excluding carboxylic acids is 1. The molecule has 1 aromatic heterocycles. The Kier molecular flexibility index (Phi) is 4.75. The predicted molar refractivity (Wildman–Crippen MR) is 91.3 cm³/mol. The smallest absolute Gasteiger partial charge is 0.163 e. The molecular formula is C15H14BrCl2NO4. The zero-order chi connectivity index (χ0) is 16.9. The van der Waals surface area contributed by atoms with Crippen molar-refractivity contribution in [1.82, 2.24) is 4.57 Å². The van der Waals surface area contributed by atoms with E-state index in [9.17, 15) is 15.0 Å². The quantitative estimate of drug-likeness (QED) is 0.742. The maximum Gasteiger partial charge on any atom is 0.163 e. The van der Waals surface area contributed by atoms with Gasteiger partial charge in [-0.15, -0.1) is 0 Å². The van der Waals surface area contributed by atoms with Crippen molar-refractivity contribution in [3.8, 4) is 0 Å². The lowest BCUT2D eigenvalue weighted by atomic mass is 10.1. The first-order valence-electron chi connectivity index (χ1n) is 6.99. The fourth-order valence-electron chi connectivity index (χ4n) is 2.93. The van der Waals surface area contributed by atoms with Gasteiger partial charge in [-0.25, -0.2) is 0 Å². The van der Waals surface area contributed by atoms with Crippen molar-refractivity contribution < 1.29 is 19.7 Å². The first-order valence-corrected chi connectivity index (χ1v) is 8.53. The van der Waals surface area contributed by atoms with E-state index in [1.165, 1.54) is 6.92 Å². The number of carbonyl (C=O) groups is 1. The van der Waals surface area contributed by atoms with Crippen LogP contribution in [0.15, 0.2) is 16.7 Å². The predicted octanol–water partition coefficient (Wildman–Crippen LogP) is 3.55. The number of halogens is 3. The summed E-state index contributed by atoms with van der Waals surface area (Å²) in [6, 6.07) is 3.31. The van der Waals surface area contributed by atoms with Crippen LogP contribution in [0.2, 0.25) is 10.0 Å². The summed E-state index contributed by atoms with van der Waals surface area (Å²) in [6.45, 7) is 1.19. The summed E-state index contributed by atoms with van der Waals surface area (Å²) in [4.78, 5) is 12.0. The Hall–Kier alpha value is -0.630. The highest BCUT2D eigenvalue weighted by molar-refractivity contribution is 9.10. The summed E-state index contributed by atoms with van der Waals surface area (Å²) in [5.41, 5.74) is 1.15. The standard InChI is InChI=1S/C15H14BrCl2NO4/c1-6(21)14-7-2-8(17)9(18)3-10(7)19(15(14)16)13-4-11(22)12(5-20)23-13/h2-3,11-13,20,22H,4-5H2,1H3/t11-,12+,13+/m0/s1. The van der Waals surface area contributed by atoms with Gasteiger partial charge in [0.1, 0.15) is 12.3 Å². The van der Waals surface area contributed by atoms with Gasteiger partial charge in [0, 0.05) is 11.8 Å². The number of rotatable bonds is 3. The van der Waals surface area contributed by atoms with Gasteiger partial charge in [-0.2, -0.15) is 0 Å². The highest BCUT2D eigenvalue weighted by atomic mass is 79.9. The van der Waals surface area contributed by atoms with Crippen LogP contribution >= 0.6 is 39.1 Å². The van der Waals surface area contributed by atoms with E-state index in [4.69, 9.17) is 27.9 Å². The van der Waals surface area contributed by atoms with Crippen LogP contribution in [0.1, 0.15) is 29.9 Å².